The van der Waals surface area contributed by atoms with Crippen LogP contribution in [0.5, 0.6) is 0 Å². The number of carbonyl (C=O) groups is 3. The van der Waals surface area contributed by atoms with E-state index in [4.69, 9.17) is 0 Å². The summed E-state index contributed by atoms with van der Waals surface area (Å²) in [7, 11) is 0. The largest absolute Gasteiger partial charge is 0.300 e. The molecule has 0 heterocycles. The molecule has 1 aromatic carbocycles. The van der Waals surface area contributed by atoms with E-state index in [1.54, 1.807) is 0 Å². The van der Waals surface area contributed by atoms with E-state index in [1.807, 2.05) is 0 Å². The van der Waals surface area contributed by atoms with E-state index in [0.29, 0.717) is 11.8 Å². The molecule has 41 heavy (non-hydrogen) atoms. The molecule has 3 rings (SSSR count). The number of rotatable bonds is 13. The highest BCUT2D eigenvalue weighted by Gasteiger charge is 2.34. The molecule has 0 N–H and O–H groups in total. The van der Waals surface area contributed by atoms with Gasteiger partial charge in [0.1, 0.15) is 11.6 Å². The molecule has 0 fully saturated rings. The van der Waals surface area contributed by atoms with Gasteiger partial charge in [-0.1, -0.05) is 92.0 Å². The molecule has 1 aromatic rings. The molecule has 0 radical (unpaired) electrons. The molecule has 0 saturated heterocycles. The van der Waals surface area contributed by atoms with Crippen molar-refractivity contribution in [2.24, 2.45) is 23.2 Å². The van der Waals surface area contributed by atoms with Crippen LogP contribution in [0.25, 0.3) is 5.57 Å². The first-order chi connectivity index (χ1) is 19.4. The lowest BCUT2D eigenvalue weighted by Crippen LogP contribution is -2.30. The summed E-state index contributed by atoms with van der Waals surface area (Å²) < 4.78 is 0. The molecule has 0 aliphatic heterocycles. The first-order valence-electron chi connectivity index (χ1n) is 16.4. The SMILES string of the molecule is CCC.CCCC(CC1CC(=O)c2c(C)c(CCCC(C)(C)C)cc(C3=CCC=C3)c2C1)C(CC)C(=O)CC(C)=O. The van der Waals surface area contributed by atoms with Crippen molar-refractivity contribution in [1.29, 1.82) is 0 Å². The molecule has 228 valence electrons. The highest BCUT2D eigenvalue weighted by molar-refractivity contribution is 6.02. The first-order valence-corrected chi connectivity index (χ1v) is 16.4. The summed E-state index contributed by atoms with van der Waals surface area (Å²) >= 11 is 0. The van der Waals surface area contributed by atoms with Gasteiger partial charge in [0.05, 0.1) is 6.42 Å². The van der Waals surface area contributed by atoms with E-state index >= 15 is 0 Å². The number of Topliss-reactive ketones (excluding diaryl/α,β-unsaturated/α-hetero) is 3. The van der Waals surface area contributed by atoms with Crippen LogP contribution in [-0.2, 0) is 22.4 Å². The lowest BCUT2D eigenvalue weighted by atomic mass is 9.70. The monoisotopic (exact) mass is 562 g/mol. The quantitative estimate of drug-likeness (QED) is 0.225. The number of fused-ring (bicyclic) bond motifs is 1. The van der Waals surface area contributed by atoms with Gasteiger partial charge < -0.3 is 0 Å². The molecule has 0 spiro atoms. The maximum absolute atomic E-state index is 13.8. The Morgan fingerprint density at radius 2 is 1.76 bits per heavy atom. The van der Waals surface area contributed by atoms with E-state index in [0.717, 1.165) is 63.4 Å². The van der Waals surface area contributed by atoms with Crippen LogP contribution in [0.1, 0.15) is 152 Å². The minimum atomic E-state index is -0.0952. The lowest BCUT2D eigenvalue weighted by Gasteiger charge is -2.33. The average Bonchev–Trinajstić information content (AvgIpc) is 3.40. The van der Waals surface area contributed by atoms with Crippen molar-refractivity contribution >= 4 is 22.9 Å². The van der Waals surface area contributed by atoms with E-state index in [1.165, 1.54) is 41.2 Å². The van der Waals surface area contributed by atoms with Crippen molar-refractivity contribution < 1.29 is 14.4 Å². The fraction of sp³-hybridized carbons (Fsp3) is 0.658. The Labute approximate surface area is 251 Å². The number of hydrogen-bond acceptors (Lipinski definition) is 3. The molecular weight excluding hydrogens is 504 g/mol. The summed E-state index contributed by atoms with van der Waals surface area (Å²) in [6, 6.07) is 2.38. The van der Waals surface area contributed by atoms with Crippen LogP contribution in [0.4, 0.5) is 0 Å². The van der Waals surface area contributed by atoms with Crippen LogP contribution in [-0.4, -0.2) is 17.3 Å². The number of benzene rings is 1. The van der Waals surface area contributed by atoms with Gasteiger partial charge in [-0.15, -0.1) is 0 Å². The zero-order valence-electron chi connectivity index (χ0n) is 27.8. The van der Waals surface area contributed by atoms with Gasteiger partial charge in [-0.3, -0.25) is 14.4 Å². The molecule has 3 atom stereocenters. The summed E-state index contributed by atoms with van der Waals surface area (Å²) in [5, 5.41) is 0. The third-order valence-corrected chi connectivity index (χ3v) is 8.64. The van der Waals surface area contributed by atoms with Crippen molar-refractivity contribution in [1.82, 2.24) is 0 Å². The van der Waals surface area contributed by atoms with Crippen molar-refractivity contribution in [3.8, 4) is 0 Å². The summed E-state index contributed by atoms with van der Waals surface area (Å²) in [5.74, 6) is 0.667. The Bertz CT molecular complexity index is 1110. The van der Waals surface area contributed by atoms with Gasteiger partial charge in [0.15, 0.2) is 5.78 Å². The predicted octanol–water partition coefficient (Wildman–Crippen LogP) is 10.2. The second-order valence-corrected chi connectivity index (χ2v) is 13.8. The van der Waals surface area contributed by atoms with Gasteiger partial charge in [0.2, 0.25) is 0 Å². The van der Waals surface area contributed by atoms with Crippen LogP contribution in [0.2, 0.25) is 0 Å². The van der Waals surface area contributed by atoms with Crippen molar-refractivity contribution in [3.63, 3.8) is 0 Å². The Balaban J connectivity index is 0.00000187. The third-order valence-electron chi connectivity index (χ3n) is 8.64. The van der Waals surface area contributed by atoms with Gasteiger partial charge in [-0.25, -0.2) is 0 Å². The molecule has 2 aliphatic rings. The average molecular weight is 563 g/mol. The maximum atomic E-state index is 13.8. The predicted molar refractivity (Wildman–Crippen MR) is 175 cm³/mol. The number of hydrogen-bond donors (Lipinski definition) is 0. The van der Waals surface area contributed by atoms with Gasteiger partial charge in [-0.05, 0) is 104 Å². The summed E-state index contributed by atoms with van der Waals surface area (Å²) in [5.41, 5.74) is 7.49. The van der Waals surface area contributed by atoms with Crippen molar-refractivity contribution in [2.75, 3.05) is 0 Å². The minimum Gasteiger partial charge on any atom is -0.300 e. The molecular formula is C38H58O3. The highest BCUT2D eigenvalue weighted by Crippen LogP contribution is 2.41. The molecule has 2 aliphatic carbocycles. The Hall–Kier alpha value is -2.29. The maximum Gasteiger partial charge on any atom is 0.163 e. The number of ketones is 3. The fourth-order valence-electron chi connectivity index (χ4n) is 6.84. The third kappa shape index (κ3) is 10.2. The van der Waals surface area contributed by atoms with Gasteiger partial charge in [0.25, 0.3) is 0 Å². The van der Waals surface area contributed by atoms with Crippen molar-refractivity contribution in [2.45, 2.75) is 139 Å². The van der Waals surface area contributed by atoms with Crippen LogP contribution < -0.4 is 0 Å². The lowest BCUT2D eigenvalue weighted by molar-refractivity contribution is -0.129. The van der Waals surface area contributed by atoms with Crippen LogP contribution in [0, 0.1) is 30.1 Å². The smallest absolute Gasteiger partial charge is 0.163 e. The topological polar surface area (TPSA) is 51.2 Å². The van der Waals surface area contributed by atoms with Crippen LogP contribution in [0.3, 0.4) is 0 Å². The first kappa shape index (κ1) is 34.9. The zero-order valence-corrected chi connectivity index (χ0v) is 27.8. The van der Waals surface area contributed by atoms with E-state index < -0.39 is 0 Å². The minimum absolute atomic E-state index is 0.0347. The van der Waals surface area contributed by atoms with E-state index in [9.17, 15) is 14.4 Å². The molecule has 3 unspecified atom stereocenters. The number of allylic oxidation sites excluding steroid dienone is 4. The van der Waals surface area contributed by atoms with E-state index in [2.05, 4.69) is 79.7 Å². The fourth-order valence-corrected chi connectivity index (χ4v) is 6.84. The van der Waals surface area contributed by atoms with Crippen molar-refractivity contribution in [3.05, 3.63) is 52.1 Å². The Morgan fingerprint density at radius 3 is 2.29 bits per heavy atom. The molecule has 0 bridgehead atoms. The second kappa shape index (κ2) is 16.4. The summed E-state index contributed by atoms with van der Waals surface area (Å²) in [6.45, 7) is 19.0. The highest BCUT2D eigenvalue weighted by atomic mass is 16.1. The second-order valence-electron chi connectivity index (χ2n) is 13.8. The molecule has 3 heteroatoms. The van der Waals surface area contributed by atoms with Gasteiger partial charge >= 0.3 is 0 Å². The number of carbonyl (C=O) groups excluding carboxylic acids is 3. The van der Waals surface area contributed by atoms with Gasteiger partial charge in [0, 0.05) is 17.9 Å². The Morgan fingerprint density at radius 1 is 1.07 bits per heavy atom. The summed E-state index contributed by atoms with van der Waals surface area (Å²) in [4.78, 5) is 38.4. The van der Waals surface area contributed by atoms with Crippen LogP contribution >= 0.6 is 0 Å². The zero-order chi connectivity index (χ0) is 30.7. The van der Waals surface area contributed by atoms with E-state index in [-0.39, 0.29) is 41.5 Å². The number of aryl methyl sites for hydroxylation is 1. The molecule has 3 nitrogen and oxygen atoms in total. The molecule has 0 aromatic heterocycles. The van der Waals surface area contributed by atoms with Crippen LogP contribution in [0.15, 0.2) is 24.3 Å². The summed E-state index contributed by atoms with van der Waals surface area (Å²) in [6.07, 6.45) is 17.3. The van der Waals surface area contributed by atoms with Gasteiger partial charge in [-0.2, -0.15) is 0 Å². The standard InChI is InChI=1S/C35H50O3.C3H8/c1-8-13-28(29(9-2)32(37)18-23(3)36)19-25-20-31-30(26-14-10-11-15-26)22-27(16-12-17-35(5,6)7)24(4)34(31)33(38)21-25;1-3-2/h10,14-15,22,25,28-29H,8-9,11-13,16-21H2,1-7H3;3H2,1-2H3. The Kier molecular flexibility index (Phi) is 13.9. The normalized spacial score (nSPS) is 17.8. The molecule has 0 amide bonds. The molecule has 0 saturated carbocycles.